The van der Waals surface area contributed by atoms with Gasteiger partial charge in [0, 0.05) is 5.75 Å². The summed E-state index contributed by atoms with van der Waals surface area (Å²) in [7, 11) is -4.06. The van der Waals surface area contributed by atoms with Gasteiger partial charge in [-0.05, 0) is 47.9 Å². The highest BCUT2D eigenvalue weighted by Gasteiger charge is 2.38. The molecule has 0 unspecified atom stereocenters. The highest BCUT2D eigenvalue weighted by Crippen LogP contribution is 2.48. The van der Waals surface area contributed by atoms with E-state index in [1.165, 1.54) is 23.9 Å². The number of hydrogen-bond acceptors (Lipinski definition) is 5. The smallest absolute Gasteiger partial charge is 0.241 e. The van der Waals surface area contributed by atoms with Gasteiger partial charge in [-0.2, -0.15) is 4.72 Å². The number of primary amides is 1. The quantitative estimate of drug-likeness (QED) is 0.186. The Labute approximate surface area is 240 Å². The maximum Gasteiger partial charge on any atom is 0.241 e. The largest absolute Gasteiger partial charge is 0.481 e. The predicted molar refractivity (Wildman–Crippen MR) is 160 cm³/mol. The van der Waals surface area contributed by atoms with Crippen LogP contribution in [0.25, 0.3) is 0 Å². The number of carbonyl (C=O) groups excluding carboxylic acids is 1. The van der Waals surface area contributed by atoms with E-state index in [-0.39, 0.29) is 17.3 Å². The topological polar surface area (TPSA) is 98.5 Å². The van der Waals surface area contributed by atoms with Crippen LogP contribution in [0.5, 0.6) is 5.75 Å². The van der Waals surface area contributed by atoms with Gasteiger partial charge in [0.15, 0.2) is 0 Å². The number of rotatable bonds is 12. The van der Waals surface area contributed by atoms with E-state index in [1.807, 2.05) is 91.0 Å². The summed E-state index contributed by atoms with van der Waals surface area (Å²) in [5.74, 6) is 5.33. The molecule has 0 radical (unpaired) electrons. The van der Waals surface area contributed by atoms with E-state index in [0.717, 1.165) is 16.7 Å². The summed E-state index contributed by atoms with van der Waals surface area (Å²) in [4.78, 5) is 12.6. The molecule has 0 aliphatic carbocycles. The first-order valence-electron chi connectivity index (χ1n) is 12.6. The number of amides is 1. The second kappa shape index (κ2) is 13.4. The zero-order chi connectivity index (χ0) is 28.4. The Morgan fingerprint density at radius 1 is 0.850 bits per heavy atom. The van der Waals surface area contributed by atoms with Crippen molar-refractivity contribution in [1.82, 2.24) is 4.72 Å². The molecule has 0 bridgehead atoms. The molecular formula is C32H30N2O4S2. The zero-order valence-corrected chi connectivity index (χ0v) is 23.6. The Kier molecular flexibility index (Phi) is 9.67. The van der Waals surface area contributed by atoms with Gasteiger partial charge >= 0.3 is 0 Å². The molecule has 0 heterocycles. The van der Waals surface area contributed by atoms with Crippen LogP contribution in [0.3, 0.4) is 0 Å². The van der Waals surface area contributed by atoms with Crippen molar-refractivity contribution in [3.8, 4) is 17.6 Å². The maximum absolute atomic E-state index is 13.3. The molecule has 0 spiro atoms. The molecule has 0 aliphatic heterocycles. The summed E-state index contributed by atoms with van der Waals surface area (Å²) in [5.41, 5.74) is 8.72. The summed E-state index contributed by atoms with van der Waals surface area (Å²) in [6.45, 7) is 1.91. The van der Waals surface area contributed by atoms with E-state index in [0.29, 0.717) is 5.75 Å². The van der Waals surface area contributed by atoms with Crippen LogP contribution in [0.2, 0.25) is 0 Å². The third-order valence-electron chi connectivity index (χ3n) is 6.27. The molecular weight excluding hydrogens is 540 g/mol. The van der Waals surface area contributed by atoms with Crippen LogP contribution in [0.1, 0.15) is 23.6 Å². The molecule has 0 aromatic heterocycles. The molecule has 4 rings (SSSR count). The number of hydrogen-bond donors (Lipinski definition) is 2. The average molecular weight is 571 g/mol. The molecule has 0 fully saturated rings. The van der Waals surface area contributed by atoms with Crippen LogP contribution in [0, 0.1) is 11.8 Å². The minimum Gasteiger partial charge on any atom is -0.481 e. The number of carbonyl (C=O) groups is 1. The van der Waals surface area contributed by atoms with Gasteiger partial charge in [0.25, 0.3) is 0 Å². The van der Waals surface area contributed by atoms with Gasteiger partial charge in [-0.25, -0.2) is 8.42 Å². The normalized spacial score (nSPS) is 12.1. The summed E-state index contributed by atoms with van der Waals surface area (Å²) >= 11 is 1.45. The predicted octanol–water partition coefficient (Wildman–Crippen LogP) is 4.95. The van der Waals surface area contributed by atoms with Crippen LogP contribution in [0.4, 0.5) is 0 Å². The highest BCUT2D eigenvalue weighted by molar-refractivity contribution is 8.00. The number of nitrogens with one attached hydrogen (secondary N) is 1. The number of ether oxygens (including phenoxy) is 1. The molecule has 3 N–H and O–H groups in total. The van der Waals surface area contributed by atoms with Crippen molar-refractivity contribution in [3.05, 3.63) is 132 Å². The number of nitrogens with two attached hydrogens (primary N) is 1. The first kappa shape index (κ1) is 29.0. The molecule has 8 heteroatoms. The van der Waals surface area contributed by atoms with Gasteiger partial charge in [0.05, 0.1) is 9.64 Å². The van der Waals surface area contributed by atoms with E-state index < -0.39 is 26.7 Å². The third-order valence-corrected chi connectivity index (χ3v) is 9.40. The fourth-order valence-corrected chi connectivity index (χ4v) is 7.20. The van der Waals surface area contributed by atoms with E-state index in [2.05, 4.69) is 16.6 Å². The number of benzene rings is 4. The standard InChI is InChI=1S/C32H30N2O4S2/c1-2-3-23-38-28-19-21-29(22-20-28)40(36,37)34-30(31(33)35)24-39-32(25-13-7-4-8-14-25,26-15-9-5-10-16-26)27-17-11-6-12-18-27/h4-22,30,34H,23-24H2,1H3,(H2,33,35)/t30-/m0/s1. The molecule has 1 atom stereocenters. The van der Waals surface area contributed by atoms with Gasteiger partial charge < -0.3 is 10.5 Å². The van der Waals surface area contributed by atoms with Crippen molar-refractivity contribution in [2.24, 2.45) is 5.73 Å². The zero-order valence-electron chi connectivity index (χ0n) is 22.0. The van der Waals surface area contributed by atoms with E-state index in [4.69, 9.17) is 10.5 Å². The maximum atomic E-state index is 13.3. The van der Waals surface area contributed by atoms with Crippen molar-refractivity contribution in [2.45, 2.75) is 22.6 Å². The minimum absolute atomic E-state index is 0.00174. The second-order valence-corrected chi connectivity index (χ2v) is 11.8. The Morgan fingerprint density at radius 2 is 1.32 bits per heavy atom. The first-order chi connectivity index (χ1) is 19.4. The molecule has 0 aliphatic rings. The molecule has 4 aromatic rings. The SMILES string of the molecule is CC#CCOc1ccc(S(=O)(=O)N[C@@H](CSC(c2ccccc2)(c2ccccc2)c2ccccc2)C(N)=O)cc1. The average Bonchev–Trinajstić information content (AvgIpc) is 2.99. The monoisotopic (exact) mass is 570 g/mol. The Morgan fingerprint density at radius 3 is 1.75 bits per heavy atom. The molecule has 6 nitrogen and oxygen atoms in total. The molecule has 40 heavy (non-hydrogen) atoms. The minimum atomic E-state index is -4.06. The van der Waals surface area contributed by atoms with Crippen molar-refractivity contribution in [1.29, 1.82) is 0 Å². The van der Waals surface area contributed by atoms with Crippen LogP contribution in [-0.4, -0.2) is 32.7 Å². The summed E-state index contributed by atoms with van der Waals surface area (Å²) in [5, 5.41) is 0. The van der Waals surface area contributed by atoms with Crippen LogP contribution >= 0.6 is 11.8 Å². The van der Waals surface area contributed by atoms with E-state index in [1.54, 1.807) is 19.1 Å². The highest BCUT2D eigenvalue weighted by atomic mass is 32.2. The number of sulfonamides is 1. The van der Waals surface area contributed by atoms with Gasteiger partial charge in [-0.1, -0.05) is 96.9 Å². The van der Waals surface area contributed by atoms with E-state index >= 15 is 0 Å². The van der Waals surface area contributed by atoms with Crippen molar-refractivity contribution in [3.63, 3.8) is 0 Å². The van der Waals surface area contributed by atoms with Crippen LogP contribution in [0.15, 0.2) is 120 Å². The fraction of sp³-hybridized carbons (Fsp3) is 0.156. The molecule has 0 saturated carbocycles. The summed E-state index contributed by atoms with van der Waals surface area (Å²) in [6, 6.07) is 34.6. The van der Waals surface area contributed by atoms with E-state index in [9.17, 15) is 13.2 Å². The lowest BCUT2D eigenvalue weighted by atomic mass is 9.84. The Balaban J connectivity index is 1.66. The summed E-state index contributed by atoms with van der Waals surface area (Å²) < 4.78 is 33.8. The van der Waals surface area contributed by atoms with Crippen molar-refractivity contribution in [2.75, 3.05) is 12.4 Å². The number of thioether (sulfide) groups is 1. The summed E-state index contributed by atoms with van der Waals surface area (Å²) in [6.07, 6.45) is 0. The van der Waals surface area contributed by atoms with Crippen molar-refractivity contribution >= 4 is 27.7 Å². The van der Waals surface area contributed by atoms with Gasteiger partial charge in [-0.3, -0.25) is 4.79 Å². The Bertz CT molecular complexity index is 1470. The van der Waals surface area contributed by atoms with Crippen molar-refractivity contribution < 1.29 is 17.9 Å². The lowest BCUT2D eigenvalue weighted by Crippen LogP contribution is -2.47. The lowest BCUT2D eigenvalue weighted by molar-refractivity contribution is -0.119. The van der Waals surface area contributed by atoms with Gasteiger partial charge in [0.1, 0.15) is 18.4 Å². The molecule has 204 valence electrons. The lowest BCUT2D eigenvalue weighted by Gasteiger charge is -2.36. The van der Waals surface area contributed by atoms with Crippen LogP contribution < -0.4 is 15.2 Å². The van der Waals surface area contributed by atoms with Crippen LogP contribution in [-0.2, 0) is 19.6 Å². The van der Waals surface area contributed by atoms with Gasteiger partial charge in [-0.15, -0.1) is 17.7 Å². The third kappa shape index (κ3) is 6.75. The fourth-order valence-electron chi connectivity index (χ4n) is 4.31. The Hall–Kier alpha value is -4.03. The van der Waals surface area contributed by atoms with Gasteiger partial charge in [0.2, 0.25) is 15.9 Å². The molecule has 0 saturated heterocycles. The second-order valence-electron chi connectivity index (χ2n) is 8.85. The molecule has 1 amide bonds. The molecule has 4 aromatic carbocycles. The first-order valence-corrected chi connectivity index (χ1v) is 15.1.